The molecule has 0 radical (unpaired) electrons. The van der Waals surface area contributed by atoms with Crippen LogP contribution in [0.4, 0.5) is 18.9 Å². The summed E-state index contributed by atoms with van der Waals surface area (Å²) in [6.45, 7) is 3.65. The molecule has 1 atom stereocenters. The average molecular weight is 467 g/mol. The van der Waals surface area contributed by atoms with Gasteiger partial charge in [0.1, 0.15) is 29.0 Å². The second kappa shape index (κ2) is 9.05. The molecule has 1 unspecified atom stereocenters. The molecular weight excluding hydrogens is 447 g/mol. The highest BCUT2D eigenvalue weighted by Crippen LogP contribution is 2.43. The number of nitrogens with zero attached hydrogens (tertiary/aromatic N) is 1. The summed E-state index contributed by atoms with van der Waals surface area (Å²) in [5.74, 6) is -4.75. The van der Waals surface area contributed by atoms with Gasteiger partial charge in [-0.25, -0.2) is 13.2 Å². The van der Waals surface area contributed by atoms with E-state index >= 15 is 0 Å². The van der Waals surface area contributed by atoms with Gasteiger partial charge in [-0.3, -0.25) is 14.5 Å². The standard InChI is InChI=1S/C26H20F3NO4/c1-14(2)34-19-5-3-4-16(12-19)24(31)22-23(15-6-8-17(27)9-7-15)30(26(33)25(22)32)21-11-10-18(28)13-20(21)29/h3-14,23,31H,1-2H3/b24-22+. The summed E-state index contributed by atoms with van der Waals surface area (Å²) in [4.78, 5) is 26.9. The summed E-state index contributed by atoms with van der Waals surface area (Å²) in [7, 11) is 0. The summed E-state index contributed by atoms with van der Waals surface area (Å²) in [5, 5.41) is 11.1. The van der Waals surface area contributed by atoms with E-state index in [1.807, 2.05) is 13.8 Å². The van der Waals surface area contributed by atoms with Crippen LogP contribution in [0, 0.1) is 17.5 Å². The molecule has 1 N–H and O–H groups in total. The highest BCUT2D eigenvalue weighted by molar-refractivity contribution is 6.51. The number of halogens is 3. The summed E-state index contributed by atoms with van der Waals surface area (Å²) < 4.78 is 47.4. The first-order chi connectivity index (χ1) is 16.2. The number of benzene rings is 3. The lowest BCUT2D eigenvalue weighted by molar-refractivity contribution is -0.132. The van der Waals surface area contributed by atoms with Gasteiger partial charge in [-0.15, -0.1) is 0 Å². The SMILES string of the molecule is CC(C)Oc1cccc(/C(O)=C2\C(=O)C(=O)N(c3ccc(F)cc3F)C2c2ccc(F)cc2)c1. The van der Waals surface area contributed by atoms with E-state index in [1.54, 1.807) is 12.1 Å². The predicted molar refractivity (Wildman–Crippen MR) is 120 cm³/mol. The maximum absolute atomic E-state index is 14.7. The van der Waals surface area contributed by atoms with E-state index in [1.165, 1.54) is 24.3 Å². The first-order valence-corrected chi connectivity index (χ1v) is 10.5. The Morgan fingerprint density at radius 1 is 0.941 bits per heavy atom. The molecule has 3 aromatic rings. The van der Waals surface area contributed by atoms with Crippen molar-refractivity contribution < 1.29 is 32.6 Å². The fourth-order valence-electron chi connectivity index (χ4n) is 3.86. The van der Waals surface area contributed by atoms with Crippen LogP contribution in [0.15, 0.2) is 72.3 Å². The van der Waals surface area contributed by atoms with Crippen molar-refractivity contribution in [1.82, 2.24) is 0 Å². The van der Waals surface area contributed by atoms with Gasteiger partial charge in [-0.2, -0.15) is 0 Å². The predicted octanol–water partition coefficient (Wildman–Crippen LogP) is 5.52. The first kappa shape index (κ1) is 23.1. The first-order valence-electron chi connectivity index (χ1n) is 10.5. The maximum atomic E-state index is 14.7. The number of aliphatic hydroxyl groups excluding tert-OH is 1. The number of hydrogen-bond acceptors (Lipinski definition) is 4. The largest absolute Gasteiger partial charge is 0.507 e. The van der Waals surface area contributed by atoms with E-state index in [9.17, 15) is 27.9 Å². The van der Waals surface area contributed by atoms with Crippen LogP contribution in [-0.4, -0.2) is 22.9 Å². The third kappa shape index (κ3) is 4.26. The average Bonchev–Trinajstić information content (AvgIpc) is 3.04. The van der Waals surface area contributed by atoms with Crippen LogP contribution in [0.2, 0.25) is 0 Å². The highest BCUT2D eigenvalue weighted by atomic mass is 19.1. The number of carbonyl (C=O) groups is 2. The number of ether oxygens (including phenoxy) is 1. The third-order valence-electron chi connectivity index (χ3n) is 5.28. The van der Waals surface area contributed by atoms with Gasteiger partial charge in [0.25, 0.3) is 11.7 Å². The summed E-state index contributed by atoms with van der Waals surface area (Å²) in [5.41, 5.74) is -0.223. The number of carbonyl (C=O) groups excluding carboxylic acids is 2. The van der Waals surface area contributed by atoms with Gasteiger partial charge in [-0.1, -0.05) is 24.3 Å². The van der Waals surface area contributed by atoms with Crippen molar-refractivity contribution in [1.29, 1.82) is 0 Å². The number of rotatable bonds is 5. The third-order valence-corrected chi connectivity index (χ3v) is 5.28. The van der Waals surface area contributed by atoms with Gasteiger partial charge in [-0.05, 0) is 55.8 Å². The van der Waals surface area contributed by atoms with Crippen molar-refractivity contribution in [3.63, 3.8) is 0 Å². The van der Waals surface area contributed by atoms with E-state index in [-0.39, 0.29) is 28.5 Å². The summed E-state index contributed by atoms with van der Waals surface area (Å²) in [6, 6.07) is 12.5. The minimum absolute atomic E-state index is 0.149. The molecule has 5 nitrogen and oxygen atoms in total. The quantitative estimate of drug-likeness (QED) is 0.305. The molecule has 1 heterocycles. The normalized spacial score (nSPS) is 17.5. The second-order valence-corrected chi connectivity index (χ2v) is 8.01. The summed E-state index contributed by atoms with van der Waals surface area (Å²) >= 11 is 0. The van der Waals surface area contributed by atoms with Crippen LogP contribution in [0.5, 0.6) is 5.75 Å². The van der Waals surface area contributed by atoms with Gasteiger partial charge in [0, 0.05) is 11.6 Å². The smallest absolute Gasteiger partial charge is 0.300 e. The van der Waals surface area contributed by atoms with E-state index < -0.39 is 40.9 Å². The molecule has 4 rings (SSSR count). The number of amides is 1. The van der Waals surface area contributed by atoms with Crippen LogP contribution in [-0.2, 0) is 9.59 Å². The number of Topliss-reactive ketones (excluding diaryl/α,β-unsaturated/α-hetero) is 1. The van der Waals surface area contributed by atoms with Crippen molar-refractivity contribution in [2.24, 2.45) is 0 Å². The van der Waals surface area contributed by atoms with Gasteiger partial charge in [0.15, 0.2) is 0 Å². The van der Waals surface area contributed by atoms with Crippen LogP contribution >= 0.6 is 0 Å². The molecule has 1 saturated heterocycles. The van der Waals surface area contributed by atoms with E-state index in [2.05, 4.69) is 0 Å². The monoisotopic (exact) mass is 467 g/mol. The Morgan fingerprint density at radius 2 is 1.62 bits per heavy atom. The molecule has 0 bridgehead atoms. The second-order valence-electron chi connectivity index (χ2n) is 8.01. The number of anilines is 1. The van der Waals surface area contributed by atoms with Gasteiger partial charge in [0.05, 0.1) is 23.4 Å². The van der Waals surface area contributed by atoms with Crippen molar-refractivity contribution >= 4 is 23.1 Å². The molecule has 34 heavy (non-hydrogen) atoms. The minimum Gasteiger partial charge on any atom is -0.507 e. The molecule has 1 aliphatic heterocycles. The van der Waals surface area contributed by atoms with E-state index in [4.69, 9.17) is 4.74 Å². The van der Waals surface area contributed by atoms with Crippen molar-refractivity contribution in [3.05, 3.63) is 101 Å². The Hall–Kier alpha value is -4.07. The van der Waals surface area contributed by atoms with Crippen LogP contribution in [0.3, 0.4) is 0 Å². The fraction of sp³-hybridized carbons (Fsp3) is 0.154. The highest BCUT2D eigenvalue weighted by Gasteiger charge is 2.47. The number of hydrogen-bond donors (Lipinski definition) is 1. The van der Waals surface area contributed by atoms with Crippen molar-refractivity contribution in [2.75, 3.05) is 4.90 Å². The Morgan fingerprint density at radius 3 is 2.26 bits per heavy atom. The molecule has 0 aromatic heterocycles. The lowest BCUT2D eigenvalue weighted by Crippen LogP contribution is -2.30. The minimum atomic E-state index is -1.28. The Kier molecular flexibility index (Phi) is 6.15. The molecular formula is C26H20F3NO4. The zero-order valence-electron chi connectivity index (χ0n) is 18.3. The van der Waals surface area contributed by atoms with Gasteiger partial charge < -0.3 is 9.84 Å². The van der Waals surface area contributed by atoms with E-state index in [0.29, 0.717) is 11.8 Å². The van der Waals surface area contributed by atoms with Crippen LogP contribution in [0.25, 0.3) is 5.76 Å². The molecule has 3 aromatic carbocycles. The Labute approximate surface area is 193 Å². The molecule has 1 amide bonds. The number of aliphatic hydroxyl groups is 1. The van der Waals surface area contributed by atoms with Crippen LogP contribution < -0.4 is 9.64 Å². The molecule has 174 valence electrons. The topological polar surface area (TPSA) is 66.8 Å². The van der Waals surface area contributed by atoms with Crippen LogP contribution in [0.1, 0.15) is 31.0 Å². The van der Waals surface area contributed by atoms with Gasteiger partial charge in [0.2, 0.25) is 0 Å². The zero-order chi connectivity index (χ0) is 24.6. The fourth-order valence-corrected chi connectivity index (χ4v) is 3.86. The molecule has 0 aliphatic carbocycles. The van der Waals surface area contributed by atoms with Gasteiger partial charge >= 0.3 is 0 Å². The lowest BCUT2D eigenvalue weighted by atomic mass is 9.95. The lowest BCUT2D eigenvalue weighted by Gasteiger charge is -2.25. The molecule has 1 aliphatic rings. The molecule has 1 fully saturated rings. The Balaban J connectivity index is 1.92. The number of ketones is 1. The van der Waals surface area contributed by atoms with E-state index in [0.717, 1.165) is 29.2 Å². The Bertz CT molecular complexity index is 1300. The molecule has 0 saturated carbocycles. The summed E-state index contributed by atoms with van der Waals surface area (Å²) in [6.07, 6.45) is -0.149. The molecule has 8 heteroatoms. The van der Waals surface area contributed by atoms with Crippen molar-refractivity contribution in [3.8, 4) is 5.75 Å². The maximum Gasteiger partial charge on any atom is 0.300 e. The zero-order valence-corrected chi connectivity index (χ0v) is 18.3. The molecule has 0 spiro atoms. The van der Waals surface area contributed by atoms with Crippen molar-refractivity contribution in [2.45, 2.75) is 26.0 Å².